The monoisotopic (exact) mass is 325 g/mol. The highest BCUT2D eigenvalue weighted by Gasteiger charge is 2.29. The van der Waals surface area contributed by atoms with Crippen molar-refractivity contribution in [2.24, 2.45) is 0 Å². The maximum atomic E-state index is 12.3. The van der Waals surface area contributed by atoms with Crippen LogP contribution in [0.15, 0.2) is 23.1 Å². The van der Waals surface area contributed by atoms with E-state index >= 15 is 0 Å². The van der Waals surface area contributed by atoms with Gasteiger partial charge in [0.25, 0.3) is 0 Å². The first-order chi connectivity index (χ1) is 8.74. The molecule has 0 saturated carbocycles. The predicted molar refractivity (Wildman–Crippen MR) is 77.2 cm³/mol. The fourth-order valence-electron chi connectivity index (χ4n) is 1.61. The molecule has 2 N–H and O–H groups in total. The van der Waals surface area contributed by atoms with E-state index < -0.39 is 15.6 Å². The molecule has 108 valence electrons. The second-order valence-electron chi connectivity index (χ2n) is 4.57. The molecular formula is C12H17Cl2NO3S. The molecule has 7 heteroatoms. The van der Waals surface area contributed by atoms with Gasteiger partial charge in [-0.05, 0) is 38.0 Å². The second kappa shape index (κ2) is 6.41. The van der Waals surface area contributed by atoms with Crippen molar-refractivity contribution in [2.45, 2.75) is 37.1 Å². The average molecular weight is 326 g/mol. The van der Waals surface area contributed by atoms with E-state index in [0.29, 0.717) is 17.9 Å². The van der Waals surface area contributed by atoms with Crippen LogP contribution in [-0.2, 0) is 10.0 Å². The SMILES string of the molecule is CCC(C)(CCO)NS(=O)(=O)c1cc(Cl)ccc1Cl. The van der Waals surface area contributed by atoms with Gasteiger partial charge in [0.2, 0.25) is 10.0 Å². The predicted octanol–water partition coefficient (Wildman–Crippen LogP) is 2.82. The number of benzene rings is 1. The van der Waals surface area contributed by atoms with Crippen molar-refractivity contribution in [3.8, 4) is 0 Å². The van der Waals surface area contributed by atoms with Gasteiger partial charge in [0.15, 0.2) is 0 Å². The number of hydrogen-bond donors (Lipinski definition) is 2. The van der Waals surface area contributed by atoms with Crippen molar-refractivity contribution >= 4 is 33.2 Å². The van der Waals surface area contributed by atoms with Crippen LogP contribution in [-0.4, -0.2) is 25.7 Å². The van der Waals surface area contributed by atoms with Crippen molar-refractivity contribution in [1.82, 2.24) is 4.72 Å². The van der Waals surface area contributed by atoms with E-state index in [4.69, 9.17) is 28.3 Å². The van der Waals surface area contributed by atoms with Crippen LogP contribution in [0.2, 0.25) is 10.0 Å². The summed E-state index contributed by atoms with van der Waals surface area (Å²) in [6.07, 6.45) is 0.867. The molecular weight excluding hydrogens is 309 g/mol. The summed E-state index contributed by atoms with van der Waals surface area (Å²) in [5.41, 5.74) is -0.723. The van der Waals surface area contributed by atoms with Crippen LogP contribution in [0.4, 0.5) is 0 Å². The van der Waals surface area contributed by atoms with Crippen LogP contribution in [0, 0.1) is 0 Å². The number of sulfonamides is 1. The summed E-state index contributed by atoms with van der Waals surface area (Å²) in [5.74, 6) is 0. The minimum Gasteiger partial charge on any atom is -0.396 e. The van der Waals surface area contributed by atoms with Gasteiger partial charge in [0, 0.05) is 17.2 Å². The van der Waals surface area contributed by atoms with E-state index in [1.807, 2.05) is 6.92 Å². The van der Waals surface area contributed by atoms with Crippen molar-refractivity contribution in [2.75, 3.05) is 6.61 Å². The lowest BCUT2D eigenvalue weighted by atomic mass is 9.97. The van der Waals surface area contributed by atoms with Gasteiger partial charge in [-0.15, -0.1) is 0 Å². The summed E-state index contributed by atoms with van der Waals surface area (Å²) in [6.45, 7) is 3.48. The van der Waals surface area contributed by atoms with Crippen LogP contribution in [0.25, 0.3) is 0 Å². The second-order valence-corrected chi connectivity index (χ2v) is 7.06. The van der Waals surface area contributed by atoms with Gasteiger partial charge >= 0.3 is 0 Å². The third-order valence-corrected chi connectivity index (χ3v) is 5.36. The standard InChI is InChI=1S/C12H17Cl2NO3S/c1-3-12(2,6-7-16)15-19(17,18)11-8-9(13)4-5-10(11)14/h4-5,8,15-16H,3,6-7H2,1-2H3. The number of rotatable bonds is 6. The van der Waals surface area contributed by atoms with Crippen LogP contribution in [0.1, 0.15) is 26.7 Å². The zero-order chi connectivity index (χ0) is 14.7. The van der Waals surface area contributed by atoms with Crippen molar-refractivity contribution in [1.29, 1.82) is 0 Å². The number of aliphatic hydroxyl groups excluding tert-OH is 1. The molecule has 19 heavy (non-hydrogen) atoms. The lowest BCUT2D eigenvalue weighted by Crippen LogP contribution is -2.46. The quantitative estimate of drug-likeness (QED) is 0.845. The molecule has 1 aromatic carbocycles. The van der Waals surface area contributed by atoms with Gasteiger partial charge in [0.1, 0.15) is 4.90 Å². The first kappa shape index (κ1) is 16.7. The van der Waals surface area contributed by atoms with Gasteiger partial charge in [-0.25, -0.2) is 13.1 Å². The topological polar surface area (TPSA) is 66.4 Å². The van der Waals surface area contributed by atoms with Crippen molar-refractivity contribution in [3.63, 3.8) is 0 Å². The number of nitrogens with one attached hydrogen (secondary N) is 1. The molecule has 0 amide bonds. The minimum atomic E-state index is -3.78. The molecule has 0 heterocycles. The zero-order valence-electron chi connectivity index (χ0n) is 10.8. The molecule has 0 aliphatic heterocycles. The number of hydrogen-bond acceptors (Lipinski definition) is 3. The van der Waals surface area contributed by atoms with Crippen molar-refractivity contribution in [3.05, 3.63) is 28.2 Å². The molecule has 0 saturated heterocycles. The first-order valence-electron chi connectivity index (χ1n) is 5.84. The lowest BCUT2D eigenvalue weighted by Gasteiger charge is -2.28. The van der Waals surface area contributed by atoms with Crippen LogP contribution in [0.3, 0.4) is 0 Å². The first-order valence-corrected chi connectivity index (χ1v) is 8.08. The molecule has 0 radical (unpaired) electrons. The Hall–Kier alpha value is -0.330. The van der Waals surface area contributed by atoms with Crippen LogP contribution in [0.5, 0.6) is 0 Å². The summed E-state index contributed by atoms with van der Waals surface area (Å²) in [5, 5.41) is 9.42. The normalized spacial score (nSPS) is 15.2. The third-order valence-electron chi connectivity index (χ3n) is 3.01. The molecule has 0 fully saturated rings. The third kappa shape index (κ3) is 4.33. The highest BCUT2D eigenvalue weighted by Crippen LogP contribution is 2.27. The van der Waals surface area contributed by atoms with E-state index in [-0.39, 0.29) is 16.5 Å². The molecule has 0 aliphatic rings. The highest BCUT2D eigenvalue weighted by atomic mass is 35.5. The molecule has 1 atom stereocenters. The summed E-state index contributed by atoms with van der Waals surface area (Å²) < 4.78 is 27.2. The lowest BCUT2D eigenvalue weighted by molar-refractivity contribution is 0.233. The van der Waals surface area contributed by atoms with E-state index in [0.717, 1.165) is 0 Å². The van der Waals surface area contributed by atoms with Crippen molar-refractivity contribution < 1.29 is 13.5 Å². The number of aliphatic hydroxyl groups is 1. The highest BCUT2D eigenvalue weighted by molar-refractivity contribution is 7.89. The molecule has 1 unspecified atom stereocenters. The maximum Gasteiger partial charge on any atom is 0.242 e. The summed E-state index contributed by atoms with van der Waals surface area (Å²) in [6, 6.07) is 4.27. The molecule has 0 bridgehead atoms. The Morgan fingerprint density at radius 2 is 2.00 bits per heavy atom. The Morgan fingerprint density at radius 1 is 1.37 bits per heavy atom. The molecule has 4 nitrogen and oxygen atoms in total. The van der Waals surface area contributed by atoms with Crippen LogP contribution >= 0.6 is 23.2 Å². The fourth-order valence-corrected chi connectivity index (χ4v) is 3.88. The molecule has 1 aromatic rings. The van der Waals surface area contributed by atoms with Gasteiger partial charge in [-0.1, -0.05) is 30.1 Å². The average Bonchev–Trinajstić information content (AvgIpc) is 2.31. The van der Waals surface area contributed by atoms with Gasteiger partial charge < -0.3 is 5.11 Å². The van der Waals surface area contributed by atoms with Crippen LogP contribution < -0.4 is 4.72 Å². The van der Waals surface area contributed by atoms with Gasteiger partial charge in [-0.3, -0.25) is 0 Å². The summed E-state index contributed by atoms with van der Waals surface area (Å²) in [7, 11) is -3.78. The Labute approximate surface area is 123 Å². The molecule has 0 aromatic heterocycles. The number of halogens is 2. The maximum absolute atomic E-state index is 12.3. The van der Waals surface area contributed by atoms with E-state index in [9.17, 15) is 8.42 Å². The summed E-state index contributed by atoms with van der Waals surface area (Å²) in [4.78, 5) is -0.0562. The van der Waals surface area contributed by atoms with E-state index in [1.54, 1.807) is 6.92 Å². The molecule has 0 aliphatic carbocycles. The zero-order valence-corrected chi connectivity index (χ0v) is 13.1. The molecule has 1 rings (SSSR count). The summed E-state index contributed by atoms with van der Waals surface area (Å²) >= 11 is 11.7. The van der Waals surface area contributed by atoms with E-state index in [1.165, 1.54) is 18.2 Å². The van der Waals surface area contributed by atoms with E-state index in [2.05, 4.69) is 4.72 Å². The van der Waals surface area contributed by atoms with Gasteiger partial charge in [-0.2, -0.15) is 0 Å². The fraction of sp³-hybridized carbons (Fsp3) is 0.500. The van der Waals surface area contributed by atoms with Gasteiger partial charge in [0.05, 0.1) is 5.02 Å². The Kier molecular flexibility index (Phi) is 5.65. The Balaban J connectivity index is 3.14. The Bertz CT molecular complexity index is 548. The largest absolute Gasteiger partial charge is 0.396 e. The minimum absolute atomic E-state index is 0.0562. The smallest absolute Gasteiger partial charge is 0.242 e. The molecule has 0 spiro atoms. The Morgan fingerprint density at radius 3 is 2.53 bits per heavy atom.